The molecule has 47 heavy (non-hydrogen) atoms. The van der Waals surface area contributed by atoms with Crippen LogP contribution in [0.15, 0.2) is 0 Å². The van der Waals surface area contributed by atoms with Crippen molar-refractivity contribution in [2.75, 3.05) is 152 Å². The normalized spacial score (nSPS) is 12.4. The van der Waals surface area contributed by atoms with E-state index in [0.717, 1.165) is 13.0 Å². The molecule has 0 amide bonds. The smallest absolute Gasteiger partial charge is 0.192 e. The lowest BCUT2D eigenvalue weighted by atomic mass is 10.2. The molecule has 284 valence electrons. The summed E-state index contributed by atoms with van der Waals surface area (Å²) in [5.74, 6) is 0. The van der Waals surface area contributed by atoms with Gasteiger partial charge in [-0.05, 0) is 24.6 Å². The van der Waals surface area contributed by atoms with Crippen LogP contribution in [0.1, 0.15) is 53.4 Å². The number of hydrogen-bond donors (Lipinski definition) is 0. The van der Waals surface area contributed by atoms with Crippen molar-refractivity contribution in [2.45, 2.75) is 71.5 Å². The van der Waals surface area contributed by atoms with Gasteiger partial charge in [-0.3, -0.25) is 0 Å². The SMILES string of the molecule is CCCCCCOCCOCCOCCOCCOCCOCCOCCOCCOCCOCCOCCO[Si](C)(C)C(C)(C)C. The summed E-state index contributed by atoms with van der Waals surface area (Å²) in [6, 6.07) is 0. The molecule has 0 fully saturated rings. The fourth-order valence-electron chi connectivity index (χ4n) is 3.50. The van der Waals surface area contributed by atoms with Crippen LogP contribution in [0.5, 0.6) is 0 Å². The molecule has 0 unspecified atom stereocenters. The largest absolute Gasteiger partial charge is 0.414 e. The molecule has 0 rings (SSSR count). The molecule has 0 bridgehead atoms. The van der Waals surface area contributed by atoms with Crippen LogP contribution in [0, 0.1) is 0 Å². The summed E-state index contributed by atoms with van der Waals surface area (Å²) in [6.07, 6.45) is 4.90. The van der Waals surface area contributed by atoms with E-state index in [1.807, 2.05) is 0 Å². The quantitative estimate of drug-likeness (QED) is 0.0651. The van der Waals surface area contributed by atoms with E-state index in [4.69, 9.17) is 56.5 Å². The highest BCUT2D eigenvalue weighted by Gasteiger charge is 2.36. The minimum absolute atomic E-state index is 0.219. The molecule has 0 aromatic carbocycles. The van der Waals surface area contributed by atoms with E-state index >= 15 is 0 Å². The summed E-state index contributed by atoms with van der Waals surface area (Å²) in [7, 11) is -1.70. The Labute approximate surface area is 288 Å². The molecule has 0 atom stereocenters. The first-order valence-electron chi connectivity index (χ1n) is 17.8. The summed E-state index contributed by atoms with van der Waals surface area (Å²) in [6.45, 7) is 26.3. The third-order valence-corrected chi connectivity index (χ3v) is 11.9. The lowest BCUT2D eigenvalue weighted by molar-refractivity contribution is -0.0278. The van der Waals surface area contributed by atoms with Gasteiger partial charge in [-0.15, -0.1) is 0 Å². The van der Waals surface area contributed by atoms with E-state index < -0.39 is 8.32 Å². The molecular weight excluding hydrogens is 628 g/mol. The number of rotatable bonds is 39. The molecule has 0 radical (unpaired) electrons. The molecule has 0 saturated heterocycles. The van der Waals surface area contributed by atoms with Gasteiger partial charge in [0.25, 0.3) is 0 Å². The van der Waals surface area contributed by atoms with Crippen LogP contribution in [0.2, 0.25) is 18.1 Å². The minimum Gasteiger partial charge on any atom is -0.414 e. The average molecular weight is 701 g/mol. The van der Waals surface area contributed by atoms with Crippen molar-refractivity contribution in [1.29, 1.82) is 0 Å². The second kappa shape index (κ2) is 35.6. The fraction of sp³-hybridized carbons (Fsp3) is 1.00. The van der Waals surface area contributed by atoms with E-state index in [0.29, 0.717) is 145 Å². The third kappa shape index (κ3) is 35.4. The monoisotopic (exact) mass is 700 g/mol. The maximum absolute atomic E-state index is 6.08. The van der Waals surface area contributed by atoms with Crippen LogP contribution in [0.4, 0.5) is 0 Å². The predicted molar refractivity (Wildman–Crippen MR) is 186 cm³/mol. The van der Waals surface area contributed by atoms with Crippen molar-refractivity contribution < 1.29 is 56.5 Å². The summed E-state index contributed by atoms with van der Waals surface area (Å²) >= 11 is 0. The van der Waals surface area contributed by atoms with E-state index in [9.17, 15) is 0 Å². The van der Waals surface area contributed by atoms with Gasteiger partial charge < -0.3 is 56.5 Å². The Morgan fingerprint density at radius 2 is 0.553 bits per heavy atom. The van der Waals surface area contributed by atoms with Crippen LogP contribution in [-0.2, 0) is 56.5 Å². The molecule has 0 aromatic rings. The first-order chi connectivity index (χ1) is 22.8. The zero-order valence-electron chi connectivity index (χ0n) is 31.0. The first-order valence-corrected chi connectivity index (χ1v) is 20.7. The zero-order valence-corrected chi connectivity index (χ0v) is 32.0. The van der Waals surface area contributed by atoms with Gasteiger partial charge in [0.1, 0.15) is 0 Å². The third-order valence-electron chi connectivity index (χ3n) is 7.36. The molecular formula is C34H72O12Si. The highest BCUT2D eigenvalue weighted by atomic mass is 28.4. The first kappa shape index (κ1) is 46.7. The topological polar surface area (TPSA) is 111 Å². The summed E-state index contributed by atoms with van der Waals surface area (Å²) in [5, 5.41) is 0.219. The Hall–Kier alpha value is -0.263. The lowest BCUT2D eigenvalue weighted by Crippen LogP contribution is -2.41. The van der Waals surface area contributed by atoms with Crippen LogP contribution in [0.3, 0.4) is 0 Å². The average Bonchev–Trinajstić information content (AvgIpc) is 3.03. The minimum atomic E-state index is -1.70. The Morgan fingerprint density at radius 1 is 0.319 bits per heavy atom. The predicted octanol–water partition coefficient (Wildman–Crippen LogP) is 4.77. The number of hydrogen-bond acceptors (Lipinski definition) is 12. The molecule has 0 aromatic heterocycles. The van der Waals surface area contributed by atoms with E-state index in [2.05, 4.69) is 40.8 Å². The molecule has 0 aliphatic heterocycles. The Morgan fingerprint density at radius 3 is 0.787 bits per heavy atom. The van der Waals surface area contributed by atoms with Gasteiger partial charge in [-0.1, -0.05) is 47.0 Å². The van der Waals surface area contributed by atoms with Crippen LogP contribution in [-0.4, -0.2) is 160 Å². The van der Waals surface area contributed by atoms with Crippen molar-refractivity contribution >= 4 is 8.32 Å². The molecule has 0 aliphatic carbocycles. The van der Waals surface area contributed by atoms with Crippen LogP contribution >= 0.6 is 0 Å². The van der Waals surface area contributed by atoms with Gasteiger partial charge >= 0.3 is 0 Å². The van der Waals surface area contributed by atoms with Gasteiger partial charge in [0.15, 0.2) is 8.32 Å². The Balaban J connectivity index is 3.11. The van der Waals surface area contributed by atoms with Crippen molar-refractivity contribution in [1.82, 2.24) is 0 Å². The van der Waals surface area contributed by atoms with E-state index in [1.54, 1.807) is 0 Å². The molecule has 0 aliphatic rings. The van der Waals surface area contributed by atoms with Gasteiger partial charge in [0.05, 0.1) is 145 Å². The highest BCUT2D eigenvalue weighted by Crippen LogP contribution is 2.36. The molecule has 0 saturated carbocycles. The van der Waals surface area contributed by atoms with Crippen LogP contribution in [0.25, 0.3) is 0 Å². The van der Waals surface area contributed by atoms with Crippen molar-refractivity contribution in [2.24, 2.45) is 0 Å². The Bertz CT molecular complexity index is 610. The van der Waals surface area contributed by atoms with Gasteiger partial charge in [-0.25, -0.2) is 0 Å². The molecule has 12 nitrogen and oxygen atoms in total. The van der Waals surface area contributed by atoms with Crippen molar-refractivity contribution in [3.8, 4) is 0 Å². The standard InChI is InChI=1S/C34H72O12Si/c1-7-8-9-10-11-35-12-13-36-14-15-37-16-17-38-18-19-39-20-21-40-22-23-41-24-25-42-26-27-43-28-29-44-30-31-45-32-33-46-47(5,6)34(2,3)4/h7-33H2,1-6H3. The zero-order chi connectivity index (χ0) is 34.6. The maximum atomic E-state index is 6.08. The highest BCUT2D eigenvalue weighted by molar-refractivity contribution is 6.74. The molecule has 13 heteroatoms. The van der Waals surface area contributed by atoms with E-state index in [-0.39, 0.29) is 5.04 Å². The lowest BCUT2D eigenvalue weighted by Gasteiger charge is -2.36. The number of unbranched alkanes of at least 4 members (excludes halogenated alkanes) is 3. The van der Waals surface area contributed by atoms with Crippen molar-refractivity contribution in [3.05, 3.63) is 0 Å². The van der Waals surface area contributed by atoms with Gasteiger partial charge in [0.2, 0.25) is 0 Å². The summed E-state index contributed by atoms with van der Waals surface area (Å²) < 4.78 is 66.7. The second-order valence-corrected chi connectivity index (χ2v) is 17.2. The van der Waals surface area contributed by atoms with E-state index in [1.165, 1.54) is 19.3 Å². The maximum Gasteiger partial charge on any atom is 0.192 e. The summed E-state index contributed by atoms with van der Waals surface area (Å²) in [5.41, 5.74) is 0. The number of ether oxygens (including phenoxy) is 11. The van der Waals surface area contributed by atoms with Gasteiger partial charge in [-0.2, -0.15) is 0 Å². The second-order valence-electron chi connectivity index (χ2n) is 12.4. The Kier molecular flexibility index (Phi) is 35.4. The molecule has 0 N–H and O–H groups in total. The molecule has 0 spiro atoms. The van der Waals surface area contributed by atoms with Crippen molar-refractivity contribution in [3.63, 3.8) is 0 Å². The molecule has 0 heterocycles. The fourth-order valence-corrected chi connectivity index (χ4v) is 4.53. The summed E-state index contributed by atoms with van der Waals surface area (Å²) in [4.78, 5) is 0. The van der Waals surface area contributed by atoms with Gasteiger partial charge in [0, 0.05) is 6.61 Å². The van der Waals surface area contributed by atoms with Crippen LogP contribution < -0.4 is 0 Å².